The molecule has 26 heavy (non-hydrogen) atoms. The summed E-state index contributed by atoms with van der Waals surface area (Å²) in [4.78, 5) is 2.84. The Morgan fingerprint density at radius 2 is 1.96 bits per heavy atom. The van der Waals surface area contributed by atoms with Crippen molar-refractivity contribution >= 4 is 21.4 Å². The molecule has 1 saturated carbocycles. The Morgan fingerprint density at radius 3 is 2.65 bits per heavy atom. The molecular formula is C19H32N4O2S. The van der Waals surface area contributed by atoms with Gasteiger partial charge in [-0.25, -0.2) is 13.1 Å². The van der Waals surface area contributed by atoms with Gasteiger partial charge in [-0.05, 0) is 43.4 Å². The summed E-state index contributed by atoms with van der Waals surface area (Å²) in [7, 11) is -3.51. The van der Waals surface area contributed by atoms with Crippen molar-refractivity contribution in [2.45, 2.75) is 62.9 Å². The quantitative estimate of drug-likeness (QED) is 0.633. The molecule has 1 aromatic carbocycles. The smallest absolute Gasteiger partial charge is 0.240 e. The molecule has 2 fully saturated rings. The van der Waals surface area contributed by atoms with E-state index in [1.165, 1.54) is 25.7 Å². The molecule has 1 aliphatic carbocycles. The summed E-state index contributed by atoms with van der Waals surface area (Å²) in [6.07, 6.45) is 6.37. The van der Waals surface area contributed by atoms with E-state index in [0.717, 1.165) is 31.2 Å². The summed E-state index contributed by atoms with van der Waals surface area (Å²) < 4.78 is 27.6. The predicted molar refractivity (Wildman–Crippen MR) is 107 cm³/mol. The summed E-state index contributed by atoms with van der Waals surface area (Å²) >= 11 is 0. The molecule has 4 N–H and O–H groups in total. The van der Waals surface area contributed by atoms with Gasteiger partial charge in [-0.2, -0.15) is 0 Å². The van der Waals surface area contributed by atoms with Gasteiger partial charge >= 0.3 is 0 Å². The summed E-state index contributed by atoms with van der Waals surface area (Å²) in [5.74, 6) is 0.260. The van der Waals surface area contributed by atoms with Crippen LogP contribution in [0, 0.1) is 5.92 Å². The zero-order chi connectivity index (χ0) is 18.7. The van der Waals surface area contributed by atoms with Crippen LogP contribution in [0.25, 0.3) is 0 Å². The minimum atomic E-state index is -3.51. The molecule has 3 rings (SSSR count). The van der Waals surface area contributed by atoms with Crippen molar-refractivity contribution < 1.29 is 8.42 Å². The molecule has 1 atom stereocenters. The highest BCUT2D eigenvalue weighted by Crippen LogP contribution is 2.29. The number of nitrogen functional groups attached to an aromatic ring is 1. The van der Waals surface area contributed by atoms with Gasteiger partial charge < -0.3 is 11.1 Å². The molecule has 1 saturated heterocycles. The standard InChI is InChI=1S/C19H32N4O2S/c1-14(2)12-21-26(24,25)17-7-8-18(20)19(11-17)22-15-9-10-23(13-15)16-5-3-4-6-16/h7-8,11,14-16,21-22H,3-6,9-10,12-13,20H2,1-2H3. The number of anilines is 2. The maximum atomic E-state index is 12.5. The summed E-state index contributed by atoms with van der Waals surface area (Å²) in [6.45, 7) is 6.50. The lowest BCUT2D eigenvalue weighted by atomic mass is 10.2. The number of nitrogens with zero attached hydrogens (tertiary/aromatic N) is 1. The molecule has 1 unspecified atom stereocenters. The van der Waals surface area contributed by atoms with Gasteiger partial charge in [0.05, 0.1) is 16.3 Å². The number of sulfonamides is 1. The van der Waals surface area contributed by atoms with E-state index in [2.05, 4.69) is 14.9 Å². The topological polar surface area (TPSA) is 87.5 Å². The molecular weight excluding hydrogens is 348 g/mol. The molecule has 6 nitrogen and oxygen atoms in total. The second kappa shape index (κ2) is 8.15. The maximum absolute atomic E-state index is 12.5. The van der Waals surface area contributed by atoms with Gasteiger partial charge in [0.25, 0.3) is 0 Å². The van der Waals surface area contributed by atoms with E-state index in [1.807, 2.05) is 13.8 Å². The molecule has 0 amide bonds. The van der Waals surface area contributed by atoms with E-state index < -0.39 is 10.0 Å². The largest absolute Gasteiger partial charge is 0.397 e. The van der Waals surface area contributed by atoms with Crippen molar-refractivity contribution in [1.29, 1.82) is 0 Å². The molecule has 0 spiro atoms. The van der Waals surface area contributed by atoms with E-state index in [0.29, 0.717) is 18.3 Å². The molecule has 0 radical (unpaired) electrons. The average Bonchev–Trinajstić information content (AvgIpc) is 3.26. The Hall–Kier alpha value is -1.31. The van der Waals surface area contributed by atoms with Crippen molar-refractivity contribution in [3.05, 3.63) is 18.2 Å². The van der Waals surface area contributed by atoms with Gasteiger partial charge in [-0.15, -0.1) is 0 Å². The zero-order valence-corrected chi connectivity index (χ0v) is 16.7. The van der Waals surface area contributed by atoms with Crippen LogP contribution in [-0.4, -0.2) is 45.0 Å². The van der Waals surface area contributed by atoms with E-state index in [4.69, 9.17) is 5.73 Å². The van der Waals surface area contributed by atoms with Gasteiger partial charge in [-0.3, -0.25) is 4.90 Å². The van der Waals surface area contributed by atoms with Gasteiger partial charge in [0.2, 0.25) is 10.0 Å². The van der Waals surface area contributed by atoms with E-state index in [9.17, 15) is 8.42 Å². The van der Waals surface area contributed by atoms with Crippen molar-refractivity contribution in [3.8, 4) is 0 Å². The normalized spacial score (nSPS) is 22.3. The first-order valence-electron chi connectivity index (χ1n) is 9.75. The van der Waals surface area contributed by atoms with Gasteiger partial charge in [-0.1, -0.05) is 26.7 Å². The average molecular weight is 381 g/mol. The number of hydrogen-bond acceptors (Lipinski definition) is 5. The second-order valence-electron chi connectivity index (χ2n) is 8.06. The number of likely N-dealkylation sites (tertiary alicyclic amines) is 1. The highest BCUT2D eigenvalue weighted by Gasteiger charge is 2.30. The van der Waals surface area contributed by atoms with Crippen LogP contribution in [0.15, 0.2) is 23.1 Å². The maximum Gasteiger partial charge on any atom is 0.240 e. The highest BCUT2D eigenvalue weighted by atomic mass is 32.2. The van der Waals surface area contributed by atoms with Gasteiger partial charge in [0.1, 0.15) is 0 Å². The monoisotopic (exact) mass is 380 g/mol. The van der Waals surface area contributed by atoms with Crippen LogP contribution in [0.2, 0.25) is 0 Å². The molecule has 146 valence electrons. The lowest BCUT2D eigenvalue weighted by molar-refractivity contribution is 0.245. The highest BCUT2D eigenvalue weighted by molar-refractivity contribution is 7.89. The molecule has 1 heterocycles. The Balaban J connectivity index is 1.66. The van der Waals surface area contributed by atoms with Crippen LogP contribution >= 0.6 is 0 Å². The molecule has 0 aromatic heterocycles. The summed E-state index contributed by atoms with van der Waals surface area (Å²) in [5, 5.41) is 3.48. The van der Waals surface area contributed by atoms with Crippen molar-refractivity contribution in [3.63, 3.8) is 0 Å². The van der Waals surface area contributed by atoms with Crippen molar-refractivity contribution in [2.24, 2.45) is 5.92 Å². The molecule has 0 bridgehead atoms. The van der Waals surface area contributed by atoms with Crippen molar-refractivity contribution in [2.75, 3.05) is 30.7 Å². The van der Waals surface area contributed by atoms with E-state index in [-0.39, 0.29) is 10.8 Å². The second-order valence-corrected chi connectivity index (χ2v) is 9.82. The number of nitrogens with one attached hydrogen (secondary N) is 2. The lowest BCUT2D eigenvalue weighted by Crippen LogP contribution is -2.33. The van der Waals surface area contributed by atoms with Crippen molar-refractivity contribution in [1.82, 2.24) is 9.62 Å². The minimum Gasteiger partial charge on any atom is -0.397 e. The number of benzene rings is 1. The van der Waals surface area contributed by atoms with Crippen LogP contribution in [0.3, 0.4) is 0 Å². The zero-order valence-electron chi connectivity index (χ0n) is 15.9. The first kappa shape index (κ1) is 19.5. The minimum absolute atomic E-state index is 0.260. The van der Waals surface area contributed by atoms with Gasteiger partial charge in [0.15, 0.2) is 0 Å². The number of nitrogens with two attached hydrogens (primary N) is 1. The van der Waals surface area contributed by atoms with E-state index >= 15 is 0 Å². The fourth-order valence-electron chi connectivity index (χ4n) is 3.91. The van der Waals surface area contributed by atoms with Crippen LogP contribution in [-0.2, 0) is 10.0 Å². The first-order valence-corrected chi connectivity index (χ1v) is 11.2. The molecule has 1 aromatic rings. The third kappa shape index (κ3) is 4.69. The van der Waals surface area contributed by atoms with Crippen LogP contribution in [0.1, 0.15) is 46.0 Å². The Labute approximate surface area is 157 Å². The van der Waals surface area contributed by atoms with Crippen LogP contribution in [0.5, 0.6) is 0 Å². The first-order chi connectivity index (χ1) is 12.3. The molecule has 1 aliphatic heterocycles. The summed E-state index contributed by atoms with van der Waals surface area (Å²) in [5.41, 5.74) is 7.41. The SMILES string of the molecule is CC(C)CNS(=O)(=O)c1ccc(N)c(NC2CCN(C3CCCC3)C2)c1. The number of rotatable bonds is 7. The molecule has 2 aliphatic rings. The Bertz CT molecular complexity index is 714. The number of hydrogen-bond donors (Lipinski definition) is 3. The third-order valence-electron chi connectivity index (χ3n) is 5.44. The third-order valence-corrected chi connectivity index (χ3v) is 6.86. The van der Waals surface area contributed by atoms with Crippen LogP contribution in [0.4, 0.5) is 11.4 Å². The lowest BCUT2D eigenvalue weighted by Gasteiger charge is -2.24. The summed E-state index contributed by atoms with van der Waals surface area (Å²) in [6, 6.07) is 5.96. The molecule has 7 heteroatoms. The Morgan fingerprint density at radius 1 is 1.23 bits per heavy atom. The van der Waals surface area contributed by atoms with Gasteiger partial charge in [0, 0.05) is 31.7 Å². The fraction of sp³-hybridized carbons (Fsp3) is 0.684. The predicted octanol–water partition coefficient (Wildman–Crippen LogP) is 2.63. The Kier molecular flexibility index (Phi) is 6.10. The van der Waals surface area contributed by atoms with Crippen LogP contribution < -0.4 is 15.8 Å². The fourth-order valence-corrected chi connectivity index (χ4v) is 5.15. The van der Waals surface area contributed by atoms with E-state index in [1.54, 1.807) is 18.2 Å².